The van der Waals surface area contributed by atoms with Crippen molar-refractivity contribution in [3.8, 4) is 5.75 Å². The highest BCUT2D eigenvalue weighted by atomic mass is 16.5. The smallest absolute Gasteiger partial charge is 0.264 e. The van der Waals surface area contributed by atoms with Crippen LogP contribution in [0.2, 0.25) is 0 Å². The molecular weight excluding hydrogens is 785 g/mol. The Hall–Kier alpha value is -6.33. The van der Waals surface area contributed by atoms with Gasteiger partial charge in [-0.1, -0.05) is 24.3 Å². The number of carbonyl (C=O) groups excluding carboxylic acids is 6. The van der Waals surface area contributed by atoms with Crippen molar-refractivity contribution in [1.29, 1.82) is 0 Å². The van der Waals surface area contributed by atoms with Gasteiger partial charge >= 0.3 is 0 Å². The number of anilines is 1. The molecule has 0 saturated carbocycles. The molecule has 3 aliphatic rings. The predicted molar refractivity (Wildman–Crippen MR) is 225 cm³/mol. The highest BCUT2D eigenvalue weighted by molar-refractivity contribution is 6.25. The number of hydrogen-bond donors (Lipinski definition) is 5. The van der Waals surface area contributed by atoms with Crippen molar-refractivity contribution < 1.29 is 38.2 Å². The Morgan fingerprint density at radius 2 is 1.69 bits per heavy atom. The van der Waals surface area contributed by atoms with Crippen molar-refractivity contribution in [2.45, 2.75) is 65.1 Å². The van der Waals surface area contributed by atoms with E-state index >= 15 is 0 Å². The number of likely N-dealkylation sites (tertiary alicyclic amines) is 1. The Bertz CT molecular complexity index is 2410. The third-order valence-electron chi connectivity index (χ3n) is 11.7. The summed E-state index contributed by atoms with van der Waals surface area (Å²) in [5.74, 6) is -1.76. The van der Waals surface area contributed by atoms with Gasteiger partial charge in [0.25, 0.3) is 23.3 Å². The Kier molecular flexibility index (Phi) is 13.3. The summed E-state index contributed by atoms with van der Waals surface area (Å²) < 4.78 is 13.3. The largest absolute Gasteiger partial charge is 0.496 e. The number of amides is 6. The minimum absolute atomic E-state index is 0.0340. The average molecular weight is 837 g/mol. The number of aryl methyl sites for hydroxylation is 1. The van der Waals surface area contributed by atoms with E-state index in [9.17, 15) is 33.6 Å². The van der Waals surface area contributed by atoms with E-state index in [4.69, 9.17) is 9.47 Å². The van der Waals surface area contributed by atoms with Gasteiger partial charge < -0.3 is 39.9 Å². The summed E-state index contributed by atoms with van der Waals surface area (Å²) in [5.41, 5.74) is 4.03. The van der Waals surface area contributed by atoms with Gasteiger partial charge in [-0.3, -0.25) is 43.8 Å². The molecule has 0 aliphatic carbocycles. The lowest BCUT2D eigenvalue weighted by atomic mass is 9.96. The fourth-order valence-electron chi connectivity index (χ4n) is 8.53. The SMILES string of the molecule is COc1cc(C)[nH]c(=O)c1CNC(=O)c1c(C)n(CC2CCN(CCNC(=O)CCOCCNc3cccc4c3C(=O)N(C3CCC(=O)NC3=O)C4=O)CC2)c2ccccc12. The van der Waals surface area contributed by atoms with Crippen LogP contribution in [0.3, 0.4) is 0 Å². The molecular formula is C44H52N8O9. The van der Waals surface area contributed by atoms with Crippen LogP contribution in [0.5, 0.6) is 5.75 Å². The van der Waals surface area contributed by atoms with E-state index < -0.39 is 29.7 Å². The average Bonchev–Trinajstić information content (AvgIpc) is 3.67. The first-order chi connectivity index (χ1) is 29.4. The number of imide groups is 2. The van der Waals surface area contributed by atoms with Crippen LogP contribution in [0.25, 0.3) is 10.9 Å². The van der Waals surface area contributed by atoms with E-state index in [2.05, 4.69) is 35.7 Å². The highest BCUT2D eigenvalue weighted by Crippen LogP contribution is 2.33. The first-order valence-electron chi connectivity index (χ1n) is 20.7. The molecule has 0 radical (unpaired) electrons. The number of benzene rings is 2. The molecule has 0 spiro atoms. The third kappa shape index (κ3) is 9.37. The van der Waals surface area contributed by atoms with Gasteiger partial charge in [0, 0.05) is 67.0 Å². The molecule has 17 heteroatoms. The summed E-state index contributed by atoms with van der Waals surface area (Å²) >= 11 is 0. The number of pyridine rings is 1. The monoisotopic (exact) mass is 836 g/mol. The highest BCUT2D eigenvalue weighted by Gasteiger charge is 2.45. The van der Waals surface area contributed by atoms with Crippen molar-refractivity contribution in [2.75, 3.05) is 58.4 Å². The van der Waals surface area contributed by atoms with Crippen LogP contribution in [0, 0.1) is 19.8 Å². The van der Waals surface area contributed by atoms with Crippen LogP contribution in [0.15, 0.2) is 53.3 Å². The number of aromatic nitrogens is 2. The van der Waals surface area contributed by atoms with Gasteiger partial charge in [-0.15, -0.1) is 0 Å². The minimum Gasteiger partial charge on any atom is -0.496 e. The Morgan fingerprint density at radius 3 is 2.46 bits per heavy atom. The molecule has 6 amide bonds. The third-order valence-corrected chi connectivity index (χ3v) is 11.7. The lowest BCUT2D eigenvalue weighted by Crippen LogP contribution is -2.54. The van der Waals surface area contributed by atoms with Crippen LogP contribution >= 0.6 is 0 Å². The van der Waals surface area contributed by atoms with Gasteiger partial charge in [0.05, 0.1) is 49.1 Å². The number of nitrogens with one attached hydrogen (secondary N) is 5. The zero-order chi connectivity index (χ0) is 43.2. The summed E-state index contributed by atoms with van der Waals surface area (Å²) in [6.07, 6.45) is 2.28. The number of rotatable bonds is 17. The molecule has 322 valence electrons. The van der Waals surface area contributed by atoms with Crippen molar-refractivity contribution >= 4 is 52.0 Å². The van der Waals surface area contributed by atoms with E-state index in [-0.39, 0.29) is 67.5 Å². The molecule has 3 aliphatic heterocycles. The molecule has 4 aromatic rings. The first-order valence-corrected chi connectivity index (χ1v) is 20.7. The second-order valence-electron chi connectivity index (χ2n) is 15.7. The van der Waals surface area contributed by atoms with Crippen molar-refractivity contribution in [3.63, 3.8) is 0 Å². The first kappa shape index (κ1) is 42.8. The molecule has 1 atom stereocenters. The Balaban J connectivity index is 0.807. The maximum Gasteiger partial charge on any atom is 0.264 e. The number of fused-ring (bicyclic) bond motifs is 2. The second-order valence-corrected chi connectivity index (χ2v) is 15.7. The summed E-state index contributed by atoms with van der Waals surface area (Å²) in [5, 5.41) is 12.1. The molecule has 1 unspecified atom stereocenters. The zero-order valence-electron chi connectivity index (χ0n) is 34.7. The van der Waals surface area contributed by atoms with Crippen LogP contribution in [-0.2, 0) is 32.2 Å². The van der Waals surface area contributed by atoms with Crippen LogP contribution in [-0.4, -0.2) is 114 Å². The van der Waals surface area contributed by atoms with Gasteiger partial charge in [0.1, 0.15) is 11.8 Å². The maximum atomic E-state index is 13.6. The fourth-order valence-corrected chi connectivity index (χ4v) is 8.53. The minimum atomic E-state index is -1.04. The number of hydrogen-bond acceptors (Lipinski definition) is 11. The Labute approximate surface area is 352 Å². The Morgan fingerprint density at radius 1 is 0.902 bits per heavy atom. The lowest BCUT2D eigenvalue weighted by molar-refractivity contribution is -0.136. The molecule has 2 saturated heterocycles. The van der Waals surface area contributed by atoms with Gasteiger partial charge in [0.15, 0.2) is 0 Å². The molecule has 17 nitrogen and oxygen atoms in total. The molecule has 5 heterocycles. The summed E-state index contributed by atoms with van der Waals surface area (Å²) in [6, 6.07) is 13.5. The quantitative estimate of drug-likeness (QED) is 0.0771. The fraction of sp³-hybridized carbons (Fsp3) is 0.432. The van der Waals surface area contributed by atoms with E-state index in [1.54, 1.807) is 25.1 Å². The van der Waals surface area contributed by atoms with E-state index in [0.717, 1.165) is 60.5 Å². The summed E-state index contributed by atoms with van der Waals surface area (Å²) in [4.78, 5) is 95.2. The van der Waals surface area contributed by atoms with Crippen LogP contribution in [0.1, 0.15) is 80.1 Å². The molecule has 2 aromatic heterocycles. The number of H-pyrrole nitrogens is 1. The normalized spacial score (nSPS) is 17.1. The summed E-state index contributed by atoms with van der Waals surface area (Å²) in [6.45, 7) is 8.39. The maximum absolute atomic E-state index is 13.6. The van der Waals surface area contributed by atoms with Gasteiger partial charge in [-0.2, -0.15) is 0 Å². The van der Waals surface area contributed by atoms with Gasteiger partial charge in [0.2, 0.25) is 17.7 Å². The predicted octanol–water partition coefficient (Wildman–Crippen LogP) is 2.63. The van der Waals surface area contributed by atoms with Crippen molar-refractivity contribution in [3.05, 3.63) is 92.5 Å². The number of methoxy groups -OCH3 is 1. The lowest BCUT2D eigenvalue weighted by Gasteiger charge is -2.32. The van der Waals surface area contributed by atoms with E-state index in [1.807, 2.05) is 31.2 Å². The van der Waals surface area contributed by atoms with Crippen LogP contribution in [0.4, 0.5) is 5.69 Å². The summed E-state index contributed by atoms with van der Waals surface area (Å²) in [7, 11) is 1.50. The number of piperidine rings is 2. The molecule has 5 N–H and O–H groups in total. The topological polar surface area (TPSA) is 213 Å². The van der Waals surface area contributed by atoms with Crippen molar-refractivity contribution in [1.82, 2.24) is 35.3 Å². The van der Waals surface area contributed by atoms with E-state index in [0.29, 0.717) is 47.3 Å². The number of carbonyl (C=O) groups is 6. The standard InChI is InChI=1S/C44H52N8O9/c1-26-23-35(60-3)31(40(55)48-26)24-47-42(57)38-27(2)51(33-10-5-4-7-29(33)38)25-28-13-18-50(19-14-28)20-16-46-36(53)15-21-61-22-17-45-32-9-6-8-30-39(32)44(59)52(43(30)58)34-11-12-37(54)49-41(34)56/h4-10,23,28,34,45H,11-22,24-25H2,1-3H3,(H,46,53)(H,47,57)(H,48,55)(H,49,54,56). The molecule has 61 heavy (non-hydrogen) atoms. The molecule has 0 bridgehead atoms. The number of nitrogens with zero attached hydrogens (tertiary/aromatic N) is 3. The van der Waals surface area contributed by atoms with Crippen molar-refractivity contribution in [2.24, 2.45) is 5.92 Å². The van der Waals surface area contributed by atoms with Crippen LogP contribution < -0.4 is 31.6 Å². The zero-order valence-corrected chi connectivity index (χ0v) is 34.7. The second kappa shape index (κ2) is 18.9. The molecule has 2 fully saturated rings. The molecule has 7 rings (SSSR count). The van der Waals surface area contributed by atoms with E-state index in [1.165, 1.54) is 13.2 Å². The van der Waals surface area contributed by atoms with Gasteiger partial charge in [-0.05, 0) is 76.4 Å². The molecule has 2 aromatic carbocycles. The van der Waals surface area contributed by atoms with Gasteiger partial charge in [-0.25, -0.2) is 0 Å². The number of ether oxygens (including phenoxy) is 2. The number of para-hydroxylation sites is 1. The number of aromatic amines is 1.